The second kappa shape index (κ2) is 5.92. The average molecular weight is 278 g/mol. The van der Waals surface area contributed by atoms with Gasteiger partial charge < -0.3 is 19.6 Å². The van der Waals surface area contributed by atoms with Crippen molar-refractivity contribution in [1.82, 2.24) is 9.80 Å². The van der Waals surface area contributed by atoms with E-state index in [9.17, 15) is 14.7 Å². The Morgan fingerprint density at radius 1 is 1.30 bits per heavy atom. The van der Waals surface area contributed by atoms with Gasteiger partial charge in [0.25, 0.3) is 0 Å². The molecular formula is C14H18N2O4. The summed E-state index contributed by atoms with van der Waals surface area (Å²) >= 11 is 0. The first kappa shape index (κ1) is 14.3. The Hall–Kier alpha value is -2.08. The van der Waals surface area contributed by atoms with Gasteiger partial charge in [0, 0.05) is 20.1 Å². The lowest BCUT2D eigenvalue weighted by Gasteiger charge is -2.32. The molecule has 0 bridgehead atoms. The van der Waals surface area contributed by atoms with Crippen molar-refractivity contribution in [2.24, 2.45) is 0 Å². The van der Waals surface area contributed by atoms with Crippen molar-refractivity contribution in [2.45, 2.75) is 6.10 Å². The van der Waals surface area contributed by atoms with Crippen molar-refractivity contribution >= 4 is 11.8 Å². The van der Waals surface area contributed by atoms with Gasteiger partial charge in [0.05, 0.1) is 19.8 Å². The number of carbonyl (C=O) groups excluding carboxylic acids is 2. The number of benzene rings is 1. The first-order chi connectivity index (χ1) is 9.52. The molecule has 2 amide bonds. The smallest absolute Gasteiger partial charge is 0.312 e. The number of carbonyl (C=O) groups is 2. The van der Waals surface area contributed by atoms with Crippen molar-refractivity contribution in [1.29, 1.82) is 0 Å². The topological polar surface area (TPSA) is 70.1 Å². The fraction of sp³-hybridized carbons (Fsp3) is 0.429. The van der Waals surface area contributed by atoms with Gasteiger partial charge in [-0.1, -0.05) is 12.1 Å². The molecule has 1 aliphatic heterocycles. The van der Waals surface area contributed by atoms with Gasteiger partial charge in [0.2, 0.25) is 0 Å². The van der Waals surface area contributed by atoms with Crippen molar-refractivity contribution in [3.8, 4) is 5.75 Å². The Labute approximate surface area is 117 Å². The summed E-state index contributed by atoms with van der Waals surface area (Å²) in [5.74, 6) is -0.461. The van der Waals surface area contributed by atoms with E-state index in [-0.39, 0.29) is 6.54 Å². The highest BCUT2D eigenvalue weighted by Crippen LogP contribution is 2.20. The Morgan fingerprint density at radius 2 is 2.05 bits per heavy atom. The lowest BCUT2D eigenvalue weighted by Crippen LogP contribution is -2.53. The largest absolute Gasteiger partial charge is 0.497 e. The van der Waals surface area contributed by atoms with Crippen LogP contribution in [0, 0.1) is 0 Å². The summed E-state index contributed by atoms with van der Waals surface area (Å²) in [7, 11) is 3.14. The number of hydrogen-bond donors (Lipinski definition) is 1. The van der Waals surface area contributed by atoms with Crippen LogP contribution >= 0.6 is 0 Å². The fourth-order valence-corrected chi connectivity index (χ4v) is 2.11. The lowest BCUT2D eigenvalue weighted by molar-refractivity contribution is -0.155. The number of aliphatic hydroxyl groups excluding tert-OH is 1. The van der Waals surface area contributed by atoms with Crippen LogP contribution in [0.5, 0.6) is 5.75 Å². The van der Waals surface area contributed by atoms with Crippen LogP contribution in [0.25, 0.3) is 0 Å². The highest BCUT2D eigenvalue weighted by atomic mass is 16.5. The summed E-state index contributed by atoms with van der Waals surface area (Å²) in [5, 5.41) is 10.2. The number of likely N-dealkylation sites (N-methyl/N-ethyl adjacent to an activating group) is 1. The van der Waals surface area contributed by atoms with Gasteiger partial charge in [-0.2, -0.15) is 0 Å². The molecule has 2 rings (SSSR count). The second-order valence-corrected chi connectivity index (χ2v) is 4.77. The second-order valence-electron chi connectivity index (χ2n) is 4.77. The molecule has 1 N–H and O–H groups in total. The Morgan fingerprint density at radius 3 is 2.75 bits per heavy atom. The fourth-order valence-electron chi connectivity index (χ4n) is 2.11. The molecule has 1 aromatic carbocycles. The maximum absolute atomic E-state index is 11.8. The van der Waals surface area contributed by atoms with Gasteiger partial charge in [-0.15, -0.1) is 0 Å². The third kappa shape index (κ3) is 2.91. The third-order valence-corrected chi connectivity index (χ3v) is 3.39. The predicted molar refractivity (Wildman–Crippen MR) is 72.2 cm³/mol. The standard InChI is InChI=1S/C14H18N2O4/c1-15-6-7-16(14(19)13(15)18)9-12(17)10-4-3-5-11(8-10)20-2/h3-5,8,12,17H,6-7,9H2,1-2H3. The number of nitrogens with zero attached hydrogens (tertiary/aromatic N) is 2. The zero-order chi connectivity index (χ0) is 14.7. The van der Waals surface area contributed by atoms with Crippen LogP contribution in [0.4, 0.5) is 0 Å². The van der Waals surface area contributed by atoms with Gasteiger partial charge in [0.1, 0.15) is 5.75 Å². The molecule has 1 aliphatic rings. The van der Waals surface area contributed by atoms with E-state index in [1.165, 1.54) is 9.80 Å². The number of ether oxygens (including phenoxy) is 1. The summed E-state index contributed by atoms with van der Waals surface area (Å²) in [4.78, 5) is 26.2. The van der Waals surface area contributed by atoms with Gasteiger partial charge in [-0.05, 0) is 17.7 Å². The monoisotopic (exact) mass is 278 g/mol. The Balaban J connectivity index is 2.05. The van der Waals surface area contributed by atoms with E-state index in [1.54, 1.807) is 38.4 Å². The summed E-state index contributed by atoms with van der Waals surface area (Å²) in [5.41, 5.74) is 0.656. The van der Waals surface area contributed by atoms with Crippen molar-refractivity contribution < 1.29 is 19.4 Å². The minimum absolute atomic E-state index is 0.103. The molecule has 1 saturated heterocycles. The number of β-amino-alcohol motifs (C(OH)–C–C–N with tert-alkyl or cyclic N) is 1. The molecule has 6 nitrogen and oxygen atoms in total. The number of rotatable bonds is 4. The minimum Gasteiger partial charge on any atom is -0.497 e. The zero-order valence-electron chi connectivity index (χ0n) is 11.6. The number of amides is 2. The van der Waals surface area contributed by atoms with Crippen LogP contribution in [0.2, 0.25) is 0 Å². The predicted octanol–water partition coefficient (Wildman–Crippen LogP) is 0.0292. The van der Waals surface area contributed by atoms with E-state index < -0.39 is 17.9 Å². The SMILES string of the molecule is COc1cccc(C(O)CN2CCN(C)C(=O)C2=O)c1. The summed E-state index contributed by atoms with van der Waals surface area (Å²) < 4.78 is 5.09. The molecule has 0 spiro atoms. The van der Waals surface area contributed by atoms with Crippen LogP contribution in [-0.2, 0) is 9.59 Å². The molecule has 1 atom stereocenters. The van der Waals surface area contributed by atoms with E-state index in [0.717, 1.165) is 0 Å². The van der Waals surface area contributed by atoms with Crippen molar-refractivity contribution in [2.75, 3.05) is 33.8 Å². The Kier molecular flexibility index (Phi) is 4.24. The van der Waals surface area contributed by atoms with Gasteiger partial charge >= 0.3 is 11.8 Å². The molecule has 1 heterocycles. The van der Waals surface area contributed by atoms with E-state index in [1.807, 2.05) is 0 Å². The molecule has 1 unspecified atom stereocenters. The highest BCUT2D eigenvalue weighted by molar-refractivity contribution is 6.35. The van der Waals surface area contributed by atoms with E-state index in [4.69, 9.17) is 4.74 Å². The van der Waals surface area contributed by atoms with E-state index >= 15 is 0 Å². The summed E-state index contributed by atoms with van der Waals surface area (Å²) in [6.45, 7) is 1.02. The number of aliphatic hydroxyl groups is 1. The van der Waals surface area contributed by atoms with E-state index in [0.29, 0.717) is 24.4 Å². The summed E-state index contributed by atoms with van der Waals surface area (Å²) in [6, 6.07) is 7.03. The molecule has 6 heteroatoms. The number of methoxy groups -OCH3 is 1. The number of hydrogen-bond acceptors (Lipinski definition) is 4. The van der Waals surface area contributed by atoms with Gasteiger partial charge in [-0.25, -0.2) is 0 Å². The molecule has 0 aromatic heterocycles. The Bertz CT molecular complexity index is 518. The maximum Gasteiger partial charge on any atom is 0.312 e. The molecule has 1 aromatic rings. The molecule has 1 fully saturated rings. The molecule has 20 heavy (non-hydrogen) atoms. The first-order valence-corrected chi connectivity index (χ1v) is 6.39. The lowest BCUT2D eigenvalue weighted by atomic mass is 10.1. The minimum atomic E-state index is -0.842. The van der Waals surface area contributed by atoms with Crippen LogP contribution in [0.15, 0.2) is 24.3 Å². The van der Waals surface area contributed by atoms with Crippen LogP contribution < -0.4 is 4.74 Å². The average Bonchev–Trinajstić information content (AvgIpc) is 2.48. The molecule has 108 valence electrons. The van der Waals surface area contributed by atoms with Crippen LogP contribution in [0.3, 0.4) is 0 Å². The van der Waals surface area contributed by atoms with Crippen molar-refractivity contribution in [3.63, 3.8) is 0 Å². The quantitative estimate of drug-likeness (QED) is 0.789. The van der Waals surface area contributed by atoms with Crippen LogP contribution in [0.1, 0.15) is 11.7 Å². The molecule has 0 saturated carbocycles. The van der Waals surface area contributed by atoms with Gasteiger partial charge in [-0.3, -0.25) is 9.59 Å². The van der Waals surface area contributed by atoms with E-state index in [2.05, 4.69) is 0 Å². The third-order valence-electron chi connectivity index (χ3n) is 3.39. The van der Waals surface area contributed by atoms with Crippen LogP contribution in [-0.4, -0.2) is 60.5 Å². The zero-order valence-corrected chi connectivity index (χ0v) is 11.6. The highest BCUT2D eigenvalue weighted by Gasteiger charge is 2.31. The first-order valence-electron chi connectivity index (χ1n) is 6.39. The summed E-state index contributed by atoms with van der Waals surface area (Å²) in [6.07, 6.45) is -0.842. The van der Waals surface area contributed by atoms with Crippen molar-refractivity contribution in [3.05, 3.63) is 29.8 Å². The molecular weight excluding hydrogens is 260 g/mol. The van der Waals surface area contributed by atoms with Gasteiger partial charge in [0.15, 0.2) is 0 Å². The maximum atomic E-state index is 11.8. The molecule has 0 radical (unpaired) electrons. The molecule has 0 aliphatic carbocycles. The normalized spacial score (nSPS) is 17.4. The number of piperazine rings is 1.